The van der Waals surface area contributed by atoms with Gasteiger partial charge in [0.25, 0.3) is 6.43 Å². The molecule has 2 heterocycles. The van der Waals surface area contributed by atoms with Gasteiger partial charge < -0.3 is 10.1 Å². The van der Waals surface area contributed by atoms with Crippen molar-refractivity contribution in [2.45, 2.75) is 52.6 Å². The molecule has 0 bridgehead atoms. The lowest BCUT2D eigenvalue weighted by Gasteiger charge is -2.27. The van der Waals surface area contributed by atoms with Crippen LogP contribution in [0, 0.1) is 12.3 Å². The second-order valence-electron chi connectivity index (χ2n) is 8.39. The van der Waals surface area contributed by atoms with Gasteiger partial charge in [-0.25, -0.2) is 18.4 Å². The third-order valence-electron chi connectivity index (χ3n) is 4.67. The Morgan fingerprint density at radius 1 is 1.14 bits per heavy atom. The van der Waals surface area contributed by atoms with Crippen molar-refractivity contribution in [1.29, 1.82) is 0 Å². The van der Waals surface area contributed by atoms with E-state index in [-0.39, 0.29) is 17.4 Å². The standard InChI is InChI=1S/C21H26F2N4O/c1-14-17(12-20(2,3)4)26-18(25-14)13-21(28,19(22)23)15-6-8-16(9-7-15)27-11-5-10-24-27/h5-11,19,28H,12-13H2,1-4H3,(H,25,26). The van der Waals surface area contributed by atoms with Gasteiger partial charge in [0.1, 0.15) is 5.82 Å². The van der Waals surface area contributed by atoms with E-state index in [0.717, 1.165) is 23.5 Å². The number of alkyl halides is 2. The minimum atomic E-state index is -2.96. The number of halogens is 2. The van der Waals surface area contributed by atoms with Crippen molar-refractivity contribution < 1.29 is 13.9 Å². The fourth-order valence-corrected chi connectivity index (χ4v) is 3.21. The SMILES string of the molecule is Cc1[nH]c(CC(O)(c2ccc(-n3cccn3)cc2)C(F)F)nc1CC(C)(C)C. The first kappa shape index (κ1) is 20.2. The van der Waals surface area contributed by atoms with Crippen molar-refractivity contribution in [3.8, 4) is 5.69 Å². The minimum absolute atomic E-state index is 0.0264. The van der Waals surface area contributed by atoms with Crippen LogP contribution in [0.5, 0.6) is 0 Å². The first-order valence-corrected chi connectivity index (χ1v) is 9.24. The second kappa shape index (κ2) is 7.47. The Morgan fingerprint density at radius 3 is 2.36 bits per heavy atom. The molecular formula is C21H26F2N4O. The van der Waals surface area contributed by atoms with E-state index < -0.39 is 12.0 Å². The van der Waals surface area contributed by atoms with Crippen LogP contribution in [0.4, 0.5) is 8.78 Å². The van der Waals surface area contributed by atoms with Crippen LogP contribution in [0.25, 0.3) is 5.69 Å². The highest BCUT2D eigenvalue weighted by Crippen LogP contribution is 2.33. The summed E-state index contributed by atoms with van der Waals surface area (Å²) in [5.41, 5.74) is 0.255. The summed E-state index contributed by atoms with van der Waals surface area (Å²) in [5, 5.41) is 14.9. The van der Waals surface area contributed by atoms with Crippen molar-refractivity contribution in [3.63, 3.8) is 0 Å². The average Bonchev–Trinajstić information content (AvgIpc) is 3.24. The van der Waals surface area contributed by atoms with E-state index in [4.69, 9.17) is 0 Å². The Labute approximate surface area is 163 Å². The van der Waals surface area contributed by atoms with Gasteiger partial charge in [-0.05, 0) is 42.5 Å². The molecular weight excluding hydrogens is 362 g/mol. The van der Waals surface area contributed by atoms with Crippen LogP contribution in [0.1, 0.15) is 43.5 Å². The summed E-state index contributed by atoms with van der Waals surface area (Å²) in [6, 6.07) is 8.12. The van der Waals surface area contributed by atoms with Gasteiger partial charge in [-0.3, -0.25) is 0 Å². The largest absolute Gasteiger partial charge is 0.379 e. The van der Waals surface area contributed by atoms with Crippen LogP contribution in [0.2, 0.25) is 0 Å². The molecule has 150 valence electrons. The lowest BCUT2D eigenvalue weighted by Crippen LogP contribution is -2.37. The molecule has 0 fully saturated rings. The zero-order chi connectivity index (χ0) is 20.5. The maximum Gasteiger partial charge on any atom is 0.271 e. The highest BCUT2D eigenvalue weighted by atomic mass is 19.3. The Hall–Kier alpha value is -2.54. The van der Waals surface area contributed by atoms with Gasteiger partial charge in [0.15, 0.2) is 5.60 Å². The van der Waals surface area contributed by atoms with E-state index in [1.807, 2.05) is 6.92 Å². The third kappa shape index (κ3) is 4.30. The normalized spacial score (nSPS) is 14.4. The fraction of sp³-hybridized carbons (Fsp3) is 0.429. The van der Waals surface area contributed by atoms with E-state index in [9.17, 15) is 13.9 Å². The number of H-pyrrole nitrogens is 1. The second-order valence-corrected chi connectivity index (χ2v) is 8.39. The van der Waals surface area contributed by atoms with E-state index in [0.29, 0.717) is 5.82 Å². The number of aliphatic hydroxyl groups is 1. The summed E-state index contributed by atoms with van der Waals surface area (Å²) >= 11 is 0. The van der Waals surface area contributed by atoms with Gasteiger partial charge in [-0.2, -0.15) is 5.10 Å². The molecule has 0 saturated carbocycles. The number of imidazole rings is 1. The first-order chi connectivity index (χ1) is 13.1. The van der Waals surface area contributed by atoms with Crippen molar-refractivity contribution in [2.24, 2.45) is 5.41 Å². The highest BCUT2D eigenvalue weighted by Gasteiger charge is 2.41. The molecule has 3 rings (SSSR count). The zero-order valence-corrected chi connectivity index (χ0v) is 16.6. The maximum absolute atomic E-state index is 13.9. The number of aryl methyl sites for hydroxylation is 1. The molecule has 0 saturated heterocycles. The first-order valence-electron chi connectivity index (χ1n) is 9.24. The van der Waals surface area contributed by atoms with Crippen LogP contribution in [0.15, 0.2) is 42.7 Å². The Morgan fingerprint density at radius 2 is 1.82 bits per heavy atom. The summed E-state index contributed by atoms with van der Waals surface area (Å²) in [6.45, 7) is 8.16. The molecule has 7 heteroatoms. The number of hydrogen-bond donors (Lipinski definition) is 2. The molecule has 0 amide bonds. The van der Waals surface area contributed by atoms with Crippen molar-refractivity contribution in [1.82, 2.24) is 19.7 Å². The molecule has 5 nitrogen and oxygen atoms in total. The van der Waals surface area contributed by atoms with Crippen LogP contribution in [-0.2, 0) is 18.4 Å². The topological polar surface area (TPSA) is 66.7 Å². The molecule has 0 radical (unpaired) electrons. The van der Waals surface area contributed by atoms with E-state index in [1.165, 1.54) is 12.1 Å². The minimum Gasteiger partial charge on any atom is -0.379 e. The van der Waals surface area contributed by atoms with E-state index in [1.54, 1.807) is 35.3 Å². The summed E-state index contributed by atoms with van der Waals surface area (Å²) in [5.74, 6) is 0.357. The maximum atomic E-state index is 13.9. The lowest BCUT2D eigenvalue weighted by atomic mass is 9.90. The average molecular weight is 388 g/mol. The summed E-state index contributed by atoms with van der Waals surface area (Å²) in [6.07, 6.45) is 0.867. The van der Waals surface area contributed by atoms with Gasteiger partial charge in [-0.15, -0.1) is 0 Å². The zero-order valence-electron chi connectivity index (χ0n) is 16.6. The van der Waals surface area contributed by atoms with Gasteiger partial charge in [0.2, 0.25) is 0 Å². The molecule has 1 unspecified atom stereocenters. The summed E-state index contributed by atoms with van der Waals surface area (Å²) < 4.78 is 29.4. The number of nitrogens with one attached hydrogen (secondary N) is 1. The molecule has 1 atom stereocenters. The Kier molecular flexibility index (Phi) is 5.39. The smallest absolute Gasteiger partial charge is 0.271 e. The Bertz CT molecular complexity index is 911. The van der Waals surface area contributed by atoms with Gasteiger partial charge in [0.05, 0.1) is 11.4 Å². The van der Waals surface area contributed by atoms with Gasteiger partial charge in [-0.1, -0.05) is 32.9 Å². The van der Waals surface area contributed by atoms with Crippen LogP contribution in [0.3, 0.4) is 0 Å². The predicted octanol–water partition coefficient (Wildman–Crippen LogP) is 4.19. The monoisotopic (exact) mass is 388 g/mol. The number of hydrogen-bond acceptors (Lipinski definition) is 3. The molecule has 1 aromatic carbocycles. The van der Waals surface area contributed by atoms with Gasteiger partial charge in [0, 0.05) is 24.5 Å². The predicted molar refractivity (Wildman–Crippen MR) is 104 cm³/mol. The molecule has 3 aromatic rings. The van der Waals surface area contributed by atoms with Crippen molar-refractivity contribution in [3.05, 3.63) is 65.5 Å². The number of nitrogens with zero attached hydrogens (tertiary/aromatic N) is 3. The molecule has 0 aliphatic carbocycles. The van der Waals surface area contributed by atoms with Crippen LogP contribution in [-0.4, -0.2) is 31.3 Å². The summed E-state index contributed by atoms with van der Waals surface area (Å²) in [7, 11) is 0. The van der Waals surface area contributed by atoms with Crippen molar-refractivity contribution in [2.75, 3.05) is 0 Å². The molecule has 2 N–H and O–H groups in total. The van der Waals surface area contributed by atoms with E-state index >= 15 is 0 Å². The molecule has 0 spiro atoms. The number of rotatable bonds is 6. The molecule has 28 heavy (non-hydrogen) atoms. The molecule has 0 aliphatic rings. The van der Waals surface area contributed by atoms with Crippen molar-refractivity contribution >= 4 is 0 Å². The number of benzene rings is 1. The fourth-order valence-electron chi connectivity index (χ4n) is 3.21. The van der Waals surface area contributed by atoms with Crippen LogP contribution >= 0.6 is 0 Å². The van der Waals surface area contributed by atoms with Crippen LogP contribution < -0.4 is 0 Å². The summed E-state index contributed by atoms with van der Waals surface area (Å²) in [4.78, 5) is 7.55. The van der Waals surface area contributed by atoms with Gasteiger partial charge >= 0.3 is 0 Å². The number of aromatic nitrogens is 4. The quantitative estimate of drug-likeness (QED) is 0.665. The molecule has 0 aliphatic heterocycles. The lowest BCUT2D eigenvalue weighted by molar-refractivity contribution is -0.102. The third-order valence-corrected chi connectivity index (χ3v) is 4.67. The number of aromatic amines is 1. The molecule has 2 aromatic heterocycles. The highest BCUT2D eigenvalue weighted by molar-refractivity contribution is 5.37. The Balaban J connectivity index is 1.87. The van der Waals surface area contributed by atoms with E-state index in [2.05, 4.69) is 35.8 Å².